The lowest BCUT2D eigenvalue weighted by atomic mass is 10.1. The maximum absolute atomic E-state index is 4.23. The molecule has 0 atom stereocenters. The number of hydrogen-bond acceptors (Lipinski definition) is 3. The van der Waals surface area contributed by atoms with Gasteiger partial charge < -0.3 is 14.9 Å². The van der Waals surface area contributed by atoms with Crippen LogP contribution < -0.4 is 5.32 Å². The van der Waals surface area contributed by atoms with E-state index in [0.717, 1.165) is 25.3 Å². The van der Waals surface area contributed by atoms with E-state index in [1.807, 2.05) is 18.7 Å². The van der Waals surface area contributed by atoms with Crippen LogP contribution in [0.2, 0.25) is 0 Å². The monoisotopic (exact) mass is 247 g/mol. The number of imidazole rings is 2. The van der Waals surface area contributed by atoms with Gasteiger partial charge in [0, 0.05) is 43.6 Å². The summed E-state index contributed by atoms with van der Waals surface area (Å²) in [5.41, 5.74) is 1.33. The van der Waals surface area contributed by atoms with Crippen molar-refractivity contribution in [2.24, 2.45) is 0 Å². The Balaban J connectivity index is 1.91. The highest BCUT2D eigenvalue weighted by molar-refractivity contribution is 5.00. The number of aromatic nitrogens is 4. The Morgan fingerprint density at radius 3 is 2.89 bits per heavy atom. The van der Waals surface area contributed by atoms with Gasteiger partial charge in [0.1, 0.15) is 5.82 Å². The zero-order chi connectivity index (χ0) is 13.0. The van der Waals surface area contributed by atoms with Crippen molar-refractivity contribution in [3.05, 3.63) is 36.4 Å². The van der Waals surface area contributed by atoms with Crippen molar-refractivity contribution in [1.29, 1.82) is 0 Å². The number of rotatable bonds is 5. The summed E-state index contributed by atoms with van der Waals surface area (Å²) in [7, 11) is 0. The molecule has 5 heteroatoms. The molecular weight excluding hydrogens is 226 g/mol. The molecule has 0 amide bonds. The van der Waals surface area contributed by atoms with Crippen LogP contribution in [0.1, 0.15) is 32.3 Å². The van der Waals surface area contributed by atoms with Gasteiger partial charge in [-0.15, -0.1) is 0 Å². The van der Waals surface area contributed by atoms with Crippen LogP contribution in [0.5, 0.6) is 0 Å². The summed E-state index contributed by atoms with van der Waals surface area (Å²) in [4.78, 5) is 11.6. The van der Waals surface area contributed by atoms with Crippen LogP contribution in [0.15, 0.2) is 24.9 Å². The normalized spacial score (nSPS) is 11.9. The lowest BCUT2D eigenvalue weighted by Crippen LogP contribution is -2.35. The highest BCUT2D eigenvalue weighted by Crippen LogP contribution is 2.05. The second-order valence-corrected chi connectivity index (χ2v) is 5.47. The Bertz CT molecular complexity index is 464. The third kappa shape index (κ3) is 3.70. The van der Waals surface area contributed by atoms with E-state index < -0.39 is 0 Å². The largest absolute Gasteiger partial charge is 0.349 e. The van der Waals surface area contributed by atoms with Gasteiger partial charge in [-0.1, -0.05) is 0 Å². The topological polar surface area (TPSA) is 58.5 Å². The van der Waals surface area contributed by atoms with Crippen LogP contribution in [-0.2, 0) is 19.5 Å². The fraction of sp³-hybridized carbons (Fsp3) is 0.538. The van der Waals surface area contributed by atoms with E-state index in [-0.39, 0.29) is 5.54 Å². The molecule has 0 bridgehead atoms. The maximum Gasteiger partial charge on any atom is 0.107 e. The number of nitrogens with one attached hydrogen (secondary N) is 2. The SMILES string of the molecule is CC(C)(C)NCc1cncn1CCc1ncc[nH]1. The maximum atomic E-state index is 4.23. The summed E-state index contributed by atoms with van der Waals surface area (Å²) in [6.45, 7) is 8.22. The first-order chi connectivity index (χ1) is 8.54. The number of hydrogen-bond donors (Lipinski definition) is 2. The number of aromatic amines is 1. The molecule has 0 spiro atoms. The second-order valence-electron chi connectivity index (χ2n) is 5.47. The van der Waals surface area contributed by atoms with Crippen LogP contribution >= 0.6 is 0 Å². The first kappa shape index (κ1) is 12.8. The van der Waals surface area contributed by atoms with Gasteiger partial charge in [-0.3, -0.25) is 0 Å². The van der Waals surface area contributed by atoms with Crippen molar-refractivity contribution in [1.82, 2.24) is 24.8 Å². The quantitative estimate of drug-likeness (QED) is 0.846. The molecule has 5 nitrogen and oxygen atoms in total. The van der Waals surface area contributed by atoms with E-state index in [4.69, 9.17) is 0 Å². The molecule has 0 saturated heterocycles. The molecule has 2 aromatic rings. The average molecular weight is 247 g/mol. The Labute approximate surface area is 108 Å². The Kier molecular flexibility index (Phi) is 3.81. The molecule has 0 radical (unpaired) electrons. The van der Waals surface area contributed by atoms with Crippen molar-refractivity contribution in [2.45, 2.75) is 45.8 Å². The van der Waals surface area contributed by atoms with Crippen molar-refractivity contribution in [2.75, 3.05) is 0 Å². The molecule has 0 aliphatic carbocycles. The fourth-order valence-electron chi connectivity index (χ4n) is 1.71. The summed E-state index contributed by atoms with van der Waals surface area (Å²) in [6.07, 6.45) is 8.33. The molecule has 0 aliphatic rings. The molecule has 98 valence electrons. The lowest BCUT2D eigenvalue weighted by Gasteiger charge is -2.20. The fourth-order valence-corrected chi connectivity index (χ4v) is 1.71. The van der Waals surface area contributed by atoms with E-state index in [2.05, 4.69) is 45.6 Å². The predicted octanol–water partition coefficient (Wildman–Crippen LogP) is 1.74. The predicted molar refractivity (Wildman–Crippen MR) is 71.1 cm³/mol. The molecule has 2 aromatic heterocycles. The van der Waals surface area contributed by atoms with E-state index in [1.165, 1.54) is 5.69 Å². The molecule has 0 aliphatic heterocycles. The summed E-state index contributed by atoms with van der Waals surface area (Å²) in [5, 5.41) is 3.47. The summed E-state index contributed by atoms with van der Waals surface area (Å²) in [6, 6.07) is 0. The highest BCUT2D eigenvalue weighted by atomic mass is 15.1. The van der Waals surface area contributed by atoms with Gasteiger partial charge in [0.25, 0.3) is 0 Å². The standard InChI is InChI=1S/C13H21N5/c1-13(2,3)17-9-11-8-14-10-18(11)7-4-12-15-5-6-16-12/h5-6,8,10,17H,4,7,9H2,1-3H3,(H,15,16). The van der Waals surface area contributed by atoms with Gasteiger partial charge in [-0.05, 0) is 20.8 Å². The highest BCUT2D eigenvalue weighted by Gasteiger charge is 2.10. The minimum Gasteiger partial charge on any atom is -0.349 e. The van der Waals surface area contributed by atoms with Crippen molar-refractivity contribution in [3.8, 4) is 0 Å². The molecule has 0 aromatic carbocycles. The Morgan fingerprint density at radius 2 is 2.22 bits per heavy atom. The first-order valence-corrected chi connectivity index (χ1v) is 6.27. The third-order valence-electron chi connectivity index (χ3n) is 2.74. The molecule has 18 heavy (non-hydrogen) atoms. The van der Waals surface area contributed by atoms with Gasteiger partial charge >= 0.3 is 0 Å². The molecule has 2 rings (SSSR count). The Hall–Kier alpha value is -1.62. The molecule has 0 unspecified atom stereocenters. The molecule has 0 saturated carbocycles. The van der Waals surface area contributed by atoms with Gasteiger partial charge in [0.15, 0.2) is 0 Å². The summed E-state index contributed by atoms with van der Waals surface area (Å²) < 4.78 is 2.17. The van der Waals surface area contributed by atoms with Crippen LogP contribution in [0.4, 0.5) is 0 Å². The van der Waals surface area contributed by atoms with Crippen LogP contribution in [0.25, 0.3) is 0 Å². The zero-order valence-electron chi connectivity index (χ0n) is 11.3. The second kappa shape index (κ2) is 5.35. The first-order valence-electron chi connectivity index (χ1n) is 6.27. The van der Waals surface area contributed by atoms with E-state index in [0.29, 0.717) is 0 Å². The third-order valence-corrected chi connectivity index (χ3v) is 2.74. The number of H-pyrrole nitrogens is 1. The number of nitrogens with zero attached hydrogens (tertiary/aromatic N) is 3. The molecule has 2 heterocycles. The van der Waals surface area contributed by atoms with Crippen LogP contribution in [0.3, 0.4) is 0 Å². The van der Waals surface area contributed by atoms with Gasteiger partial charge in [0.2, 0.25) is 0 Å². The lowest BCUT2D eigenvalue weighted by molar-refractivity contribution is 0.415. The van der Waals surface area contributed by atoms with Crippen molar-refractivity contribution < 1.29 is 0 Å². The summed E-state index contributed by atoms with van der Waals surface area (Å²) in [5.74, 6) is 1.01. The molecule has 2 N–H and O–H groups in total. The van der Waals surface area contributed by atoms with E-state index in [1.54, 1.807) is 6.20 Å². The van der Waals surface area contributed by atoms with Crippen molar-refractivity contribution in [3.63, 3.8) is 0 Å². The van der Waals surface area contributed by atoms with E-state index >= 15 is 0 Å². The van der Waals surface area contributed by atoms with Crippen LogP contribution in [0, 0.1) is 0 Å². The summed E-state index contributed by atoms with van der Waals surface area (Å²) >= 11 is 0. The minimum absolute atomic E-state index is 0.121. The van der Waals surface area contributed by atoms with Gasteiger partial charge in [0.05, 0.1) is 12.0 Å². The van der Waals surface area contributed by atoms with Crippen molar-refractivity contribution >= 4 is 0 Å². The average Bonchev–Trinajstić information content (AvgIpc) is 2.94. The molecule has 0 fully saturated rings. The molecular formula is C13H21N5. The Morgan fingerprint density at radius 1 is 1.39 bits per heavy atom. The minimum atomic E-state index is 0.121. The van der Waals surface area contributed by atoms with E-state index in [9.17, 15) is 0 Å². The zero-order valence-corrected chi connectivity index (χ0v) is 11.3. The smallest absolute Gasteiger partial charge is 0.107 e. The number of aryl methyl sites for hydroxylation is 2. The van der Waals surface area contributed by atoms with Gasteiger partial charge in [-0.25, -0.2) is 9.97 Å². The van der Waals surface area contributed by atoms with Crippen LogP contribution in [-0.4, -0.2) is 25.1 Å². The van der Waals surface area contributed by atoms with Gasteiger partial charge in [-0.2, -0.15) is 0 Å².